The van der Waals surface area contributed by atoms with E-state index in [0.717, 1.165) is 11.8 Å². The summed E-state index contributed by atoms with van der Waals surface area (Å²) in [5, 5.41) is 1.21. The minimum atomic E-state index is 0.639. The second-order valence-electron chi connectivity index (χ2n) is 5.97. The summed E-state index contributed by atoms with van der Waals surface area (Å²) in [6.45, 7) is 8.83. The SMILES string of the molecule is CC1CCN(CC2(CBr)CCC2)CC1C. The predicted octanol–water partition coefficient (Wildman–Crippen LogP) is 3.53. The highest BCUT2D eigenvalue weighted by atomic mass is 79.9. The van der Waals surface area contributed by atoms with E-state index in [1.54, 1.807) is 0 Å². The van der Waals surface area contributed by atoms with Crippen LogP contribution in [0.4, 0.5) is 0 Å². The highest BCUT2D eigenvalue weighted by Gasteiger charge is 2.38. The molecule has 0 aromatic carbocycles. The van der Waals surface area contributed by atoms with Gasteiger partial charge in [0.15, 0.2) is 0 Å². The number of hydrogen-bond donors (Lipinski definition) is 0. The lowest BCUT2D eigenvalue weighted by Gasteiger charge is -2.46. The Labute approximate surface area is 103 Å². The van der Waals surface area contributed by atoms with E-state index in [0.29, 0.717) is 5.41 Å². The van der Waals surface area contributed by atoms with Crippen LogP contribution in [0.5, 0.6) is 0 Å². The van der Waals surface area contributed by atoms with Crippen LogP contribution in [0.15, 0.2) is 0 Å². The van der Waals surface area contributed by atoms with Gasteiger partial charge in [0.05, 0.1) is 0 Å². The van der Waals surface area contributed by atoms with Crippen LogP contribution in [0.2, 0.25) is 0 Å². The van der Waals surface area contributed by atoms with Crippen LogP contribution in [-0.4, -0.2) is 29.9 Å². The van der Waals surface area contributed by atoms with E-state index in [1.807, 2.05) is 0 Å². The Hall–Kier alpha value is 0.440. The molecule has 2 atom stereocenters. The molecule has 1 aliphatic carbocycles. The Morgan fingerprint density at radius 2 is 2.00 bits per heavy atom. The quantitative estimate of drug-likeness (QED) is 0.712. The van der Waals surface area contributed by atoms with Crippen molar-refractivity contribution in [2.24, 2.45) is 17.3 Å². The van der Waals surface area contributed by atoms with Crippen LogP contribution < -0.4 is 0 Å². The number of likely N-dealkylation sites (tertiary alicyclic amines) is 1. The molecule has 1 nitrogen and oxygen atoms in total. The Morgan fingerprint density at radius 3 is 2.47 bits per heavy atom. The molecule has 0 radical (unpaired) electrons. The van der Waals surface area contributed by atoms with E-state index in [9.17, 15) is 0 Å². The topological polar surface area (TPSA) is 3.24 Å². The fraction of sp³-hybridized carbons (Fsp3) is 1.00. The molecule has 0 amide bonds. The van der Waals surface area contributed by atoms with Gasteiger partial charge in [-0.15, -0.1) is 0 Å². The Balaban J connectivity index is 1.84. The molecular weight excluding hydrogens is 250 g/mol. The van der Waals surface area contributed by atoms with Gasteiger partial charge in [0.1, 0.15) is 0 Å². The zero-order chi connectivity index (χ0) is 10.9. The molecule has 0 aromatic heterocycles. The van der Waals surface area contributed by atoms with Crippen molar-refractivity contribution in [1.82, 2.24) is 4.90 Å². The van der Waals surface area contributed by atoms with Crippen molar-refractivity contribution in [2.75, 3.05) is 25.0 Å². The number of nitrogens with zero attached hydrogens (tertiary/aromatic N) is 1. The number of alkyl halides is 1. The van der Waals surface area contributed by atoms with Gasteiger partial charge in [0.25, 0.3) is 0 Å². The van der Waals surface area contributed by atoms with Gasteiger partial charge in [-0.3, -0.25) is 0 Å². The van der Waals surface area contributed by atoms with Crippen LogP contribution in [0.25, 0.3) is 0 Å². The summed E-state index contributed by atoms with van der Waals surface area (Å²) in [5.74, 6) is 1.83. The minimum Gasteiger partial charge on any atom is -0.302 e. The molecule has 0 spiro atoms. The average Bonchev–Trinajstić information content (AvgIpc) is 2.17. The summed E-state index contributed by atoms with van der Waals surface area (Å²) < 4.78 is 0. The Kier molecular flexibility index (Phi) is 3.77. The number of piperidine rings is 1. The van der Waals surface area contributed by atoms with Crippen molar-refractivity contribution in [3.63, 3.8) is 0 Å². The Morgan fingerprint density at radius 1 is 1.27 bits per heavy atom. The van der Waals surface area contributed by atoms with Crippen molar-refractivity contribution in [1.29, 1.82) is 0 Å². The molecular formula is C13H24BrN. The first-order valence-electron chi connectivity index (χ1n) is 6.43. The van der Waals surface area contributed by atoms with Gasteiger partial charge in [0.2, 0.25) is 0 Å². The van der Waals surface area contributed by atoms with E-state index in [2.05, 4.69) is 34.7 Å². The number of hydrogen-bond acceptors (Lipinski definition) is 1. The van der Waals surface area contributed by atoms with Crippen LogP contribution >= 0.6 is 15.9 Å². The predicted molar refractivity (Wildman–Crippen MR) is 69.5 cm³/mol. The molecule has 1 saturated heterocycles. The first-order valence-corrected chi connectivity index (χ1v) is 7.56. The molecule has 1 heterocycles. The van der Waals surface area contributed by atoms with Crippen molar-refractivity contribution in [2.45, 2.75) is 39.5 Å². The van der Waals surface area contributed by atoms with E-state index in [4.69, 9.17) is 0 Å². The van der Waals surface area contributed by atoms with Gasteiger partial charge in [-0.2, -0.15) is 0 Å². The third kappa shape index (κ3) is 2.58. The second-order valence-corrected chi connectivity index (χ2v) is 6.53. The maximum absolute atomic E-state index is 3.71. The van der Waals surface area contributed by atoms with Crippen LogP contribution in [0.1, 0.15) is 39.5 Å². The summed E-state index contributed by atoms with van der Waals surface area (Å²) in [5.41, 5.74) is 0.639. The lowest BCUT2D eigenvalue weighted by Crippen LogP contribution is -2.48. The minimum absolute atomic E-state index is 0.639. The van der Waals surface area contributed by atoms with Gasteiger partial charge in [-0.25, -0.2) is 0 Å². The lowest BCUT2D eigenvalue weighted by atomic mass is 9.69. The molecule has 2 fully saturated rings. The molecule has 2 unspecified atom stereocenters. The molecule has 2 rings (SSSR count). The van der Waals surface area contributed by atoms with Crippen molar-refractivity contribution in [3.05, 3.63) is 0 Å². The molecule has 88 valence electrons. The smallest absolute Gasteiger partial charge is 0.0100 e. The molecule has 2 heteroatoms. The lowest BCUT2D eigenvalue weighted by molar-refractivity contribution is 0.0514. The Bertz CT molecular complexity index is 207. The highest BCUT2D eigenvalue weighted by molar-refractivity contribution is 9.09. The number of halogens is 1. The van der Waals surface area contributed by atoms with Gasteiger partial charge < -0.3 is 4.90 Å². The van der Waals surface area contributed by atoms with E-state index in [1.165, 1.54) is 50.6 Å². The van der Waals surface area contributed by atoms with Gasteiger partial charge in [0, 0.05) is 18.4 Å². The molecule has 2 aliphatic rings. The molecule has 0 aromatic rings. The van der Waals surface area contributed by atoms with Gasteiger partial charge in [-0.1, -0.05) is 36.2 Å². The molecule has 15 heavy (non-hydrogen) atoms. The fourth-order valence-corrected chi connectivity index (χ4v) is 3.72. The van der Waals surface area contributed by atoms with Crippen LogP contribution in [-0.2, 0) is 0 Å². The zero-order valence-electron chi connectivity index (χ0n) is 10.1. The zero-order valence-corrected chi connectivity index (χ0v) is 11.7. The normalized spacial score (nSPS) is 36.2. The third-order valence-electron chi connectivity index (χ3n) is 4.67. The maximum atomic E-state index is 3.71. The summed E-state index contributed by atoms with van der Waals surface area (Å²) in [7, 11) is 0. The van der Waals surface area contributed by atoms with Gasteiger partial charge >= 0.3 is 0 Å². The highest BCUT2D eigenvalue weighted by Crippen LogP contribution is 2.43. The van der Waals surface area contributed by atoms with Gasteiger partial charge in [-0.05, 0) is 43.1 Å². The summed E-state index contributed by atoms with van der Waals surface area (Å²) in [6, 6.07) is 0. The first-order chi connectivity index (χ1) is 7.15. The standard InChI is InChI=1S/C13H24BrN/c1-11-4-7-15(8-12(11)2)10-13(9-14)5-3-6-13/h11-12H,3-10H2,1-2H3. The van der Waals surface area contributed by atoms with Crippen LogP contribution in [0.3, 0.4) is 0 Å². The third-order valence-corrected chi connectivity index (χ3v) is 5.86. The van der Waals surface area contributed by atoms with E-state index in [-0.39, 0.29) is 0 Å². The summed E-state index contributed by atoms with van der Waals surface area (Å²) in [4.78, 5) is 2.71. The summed E-state index contributed by atoms with van der Waals surface area (Å²) in [6.07, 6.45) is 5.74. The van der Waals surface area contributed by atoms with Crippen molar-refractivity contribution in [3.8, 4) is 0 Å². The number of rotatable bonds is 3. The second kappa shape index (κ2) is 4.75. The molecule has 0 bridgehead atoms. The largest absolute Gasteiger partial charge is 0.302 e. The van der Waals surface area contributed by atoms with Crippen LogP contribution in [0, 0.1) is 17.3 Å². The van der Waals surface area contributed by atoms with Crippen molar-refractivity contribution >= 4 is 15.9 Å². The molecule has 1 aliphatic heterocycles. The molecule has 1 saturated carbocycles. The van der Waals surface area contributed by atoms with E-state index < -0.39 is 0 Å². The average molecular weight is 274 g/mol. The van der Waals surface area contributed by atoms with Crippen molar-refractivity contribution < 1.29 is 0 Å². The maximum Gasteiger partial charge on any atom is 0.0100 e. The summed E-state index contributed by atoms with van der Waals surface area (Å²) >= 11 is 3.71. The fourth-order valence-electron chi connectivity index (χ4n) is 2.98. The monoisotopic (exact) mass is 273 g/mol. The first kappa shape index (κ1) is 11.9. The van der Waals surface area contributed by atoms with E-state index >= 15 is 0 Å². The molecule has 0 N–H and O–H groups in total.